The van der Waals surface area contributed by atoms with Gasteiger partial charge in [-0.25, -0.2) is 0 Å². The highest BCUT2D eigenvalue weighted by molar-refractivity contribution is 5.84. The molecule has 2 fully saturated rings. The van der Waals surface area contributed by atoms with Gasteiger partial charge in [-0.15, -0.1) is 0 Å². The van der Waals surface area contributed by atoms with Gasteiger partial charge in [0.05, 0.1) is 26.2 Å². The van der Waals surface area contributed by atoms with Gasteiger partial charge >= 0.3 is 0 Å². The van der Waals surface area contributed by atoms with E-state index in [0.717, 1.165) is 51.3 Å². The SMILES string of the molecule is C[C@@H](Nc1ccc(N2CC[NH+](Cc3ccccc3)CC2)cc1)C(=O)NC1CCCC1. The molecule has 5 heteroatoms. The average Bonchev–Trinajstić information content (AvgIpc) is 3.29. The summed E-state index contributed by atoms with van der Waals surface area (Å²) in [4.78, 5) is 16.5. The summed E-state index contributed by atoms with van der Waals surface area (Å²) < 4.78 is 0. The lowest BCUT2D eigenvalue weighted by molar-refractivity contribution is -0.914. The number of nitrogens with one attached hydrogen (secondary N) is 3. The van der Waals surface area contributed by atoms with Crippen LogP contribution < -0.4 is 20.4 Å². The summed E-state index contributed by atoms with van der Waals surface area (Å²) >= 11 is 0. The number of piperazine rings is 1. The first kappa shape index (κ1) is 20.7. The van der Waals surface area contributed by atoms with Crippen molar-refractivity contribution in [2.45, 2.75) is 51.2 Å². The number of amides is 1. The normalized spacial score (nSPS) is 18.9. The van der Waals surface area contributed by atoms with E-state index in [-0.39, 0.29) is 11.9 Å². The van der Waals surface area contributed by atoms with E-state index in [0.29, 0.717) is 6.04 Å². The zero-order valence-electron chi connectivity index (χ0n) is 18.1. The van der Waals surface area contributed by atoms with Crippen LogP contribution in [0.25, 0.3) is 0 Å². The maximum atomic E-state index is 12.4. The Morgan fingerprint density at radius 3 is 2.37 bits per heavy atom. The van der Waals surface area contributed by atoms with E-state index in [4.69, 9.17) is 0 Å². The number of quaternary nitrogens is 1. The first-order chi connectivity index (χ1) is 14.7. The summed E-state index contributed by atoms with van der Waals surface area (Å²) in [5, 5.41) is 6.52. The van der Waals surface area contributed by atoms with Gasteiger partial charge in [0.15, 0.2) is 0 Å². The Kier molecular flexibility index (Phi) is 6.90. The van der Waals surface area contributed by atoms with Crippen LogP contribution >= 0.6 is 0 Å². The average molecular weight is 408 g/mol. The molecule has 1 saturated heterocycles. The largest absolute Gasteiger partial charge is 0.374 e. The molecule has 0 radical (unpaired) electrons. The van der Waals surface area contributed by atoms with E-state index in [1.165, 1.54) is 24.1 Å². The van der Waals surface area contributed by atoms with Gasteiger partial charge in [0.1, 0.15) is 12.6 Å². The lowest BCUT2D eigenvalue weighted by atomic mass is 10.2. The summed E-state index contributed by atoms with van der Waals surface area (Å²) in [5.74, 6) is 0.100. The minimum atomic E-state index is -0.221. The molecule has 3 N–H and O–H groups in total. The van der Waals surface area contributed by atoms with Crippen LogP contribution in [0.15, 0.2) is 54.6 Å². The highest BCUT2D eigenvalue weighted by Gasteiger charge is 2.22. The molecule has 4 rings (SSSR count). The second-order valence-corrected chi connectivity index (χ2v) is 8.80. The number of carbonyl (C=O) groups is 1. The summed E-state index contributed by atoms with van der Waals surface area (Å²) in [6.45, 7) is 7.52. The standard InChI is InChI=1S/C25H34N4O/c1-20(25(30)27-22-9-5-6-10-22)26-23-11-13-24(14-12-23)29-17-15-28(16-18-29)19-21-7-3-2-4-8-21/h2-4,7-8,11-14,20,22,26H,5-6,9-10,15-19H2,1H3,(H,27,30)/p+1/t20-/m1/s1. The molecule has 1 aliphatic carbocycles. The Labute approximate surface area is 180 Å². The highest BCUT2D eigenvalue weighted by Crippen LogP contribution is 2.20. The molecule has 1 atom stereocenters. The van der Waals surface area contributed by atoms with Crippen LogP contribution in [0.1, 0.15) is 38.2 Å². The summed E-state index contributed by atoms with van der Waals surface area (Å²) in [7, 11) is 0. The quantitative estimate of drug-likeness (QED) is 0.661. The van der Waals surface area contributed by atoms with Gasteiger partial charge < -0.3 is 20.4 Å². The van der Waals surface area contributed by atoms with Crippen molar-refractivity contribution in [3.05, 3.63) is 60.2 Å². The molecule has 1 aliphatic heterocycles. The first-order valence-electron chi connectivity index (χ1n) is 11.5. The summed E-state index contributed by atoms with van der Waals surface area (Å²) in [6.07, 6.45) is 4.70. The van der Waals surface area contributed by atoms with Crippen molar-refractivity contribution < 1.29 is 9.69 Å². The molecular formula is C25H35N4O+. The van der Waals surface area contributed by atoms with E-state index in [1.54, 1.807) is 4.90 Å². The van der Waals surface area contributed by atoms with E-state index < -0.39 is 0 Å². The maximum Gasteiger partial charge on any atom is 0.242 e. The van der Waals surface area contributed by atoms with Crippen molar-refractivity contribution in [2.75, 3.05) is 36.4 Å². The molecule has 2 aromatic carbocycles. The van der Waals surface area contributed by atoms with Gasteiger partial charge in [0.2, 0.25) is 5.91 Å². The van der Waals surface area contributed by atoms with Gasteiger partial charge in [0, 0.05) is 23.0 Å². The van der Waals surface area contributed by atoms with Gasteiger partial charge in [-0.1, -0.05) is 43.2 Å². The molecule has 2 aromatic rings. The highest BCUT2D eigenvalue weighted by atomic mass is 16.2. The van der Waals surface area contributed by atoms with Crippen molar-refractivity contribution in [2.24, 2.45) is 0 Å². The zero-order chi connectivity index (χ0) is 20.8. The number of benzene rings is 2. The Hall–Kier alpha value is -2.53. The molecule has 0 spiro atoms. The zero-order valence-corrected chi connectivity index (χ0v) is 18.1. The van der Waals surface area contributed by atoms with E-state index in [1.807, 2.05) is 6.92 Å². The molecule has 5 nitrogen and oxygen atoms in total. The second-order valence-electron chi connectivity index (χ2n) is 8.80. The van der Waals surface area contributed by atoms with E-state index >= 15 is 0 Å². The Morgan fingerprint density at radius 1 is 1.03 bits per heavy atom. The molecule has 1 heterocycles. The van der Waals surface area contributed by atoms with Crippen LogP contribution in [0.4, 0.5) is 11.4 Å². The number of anilines is 2. The fourth-order valence-corrected chi connectivity index (χ4v) is 4.62. The molecule has 2 aliphatic rings. The van der Waals surface area contributed by atoms with Crippen LogP contribution in [0.2, 0.25) is 0 Å². The number of rotatable bonds is 7. The van der Waals surface area contributed by atoms with Gasteiger partial charge in [-0.2, -0.15) is 0 Å². The molecule has 30 heavy (non-hydrogen) atoms. The first-order valence-corrected chi connectivity index (χ1v) is 11.5. The van der Waals surface area contributed by atoms with Crippen LogP contribution in [-0.4, -0.2) is 44.2 Å². The third-order valence-corrected chi connectivity index (χ3v) is 6.48. The number of carbonyl (C=O) groups excluding carboxylic acids is 1. The Bertz CT molecular complexity index is 794. The van der Waals surface area contributed by atoms with Crippen LogP contribution in [0.3, 0.4) is 0 Å². The lowest BCUT2D eigenvalue weighted by Crippen LogP contribution is -3.13. The lowest BCUT2D eigenvalue weighted by Gasteiger charge is -2.33. The fourth-order valence-electron chi connectivity index (χ4n) is 4.62. The van der Waals surface area contributed by atoms with Crippen molar-refractivity contribution in [3.8, 4) is 0 Å². The minimum Gasteiger partial charge on any atom is -0.374 e. The van der Waals surface area contributed by atoms with Crippen LogP contribution in [0.5, 0.6) is 0 Å². The minimum absolute atomic E-state index is 0.100. The number of hydrogen-bond donors (Lipinski definition) is 3. The molecule has 1 saturated carbocycles. The maximum absolute atomic E-state index is 12.4. The Morgan fingerprint density at radius 2 is 1.70 bits per heavy atom. The topological polar surface area (TPSA) is 48.8 Å². The predicted molar refractivity (Wildman–Crippen MR) is 123 cm³/mol. The smallest absolute Gasteiger partial charge is 0.242 e. The molecule has 0 bridgehead atoms. The third-order valence-electron chi connectivity index (χ3n) is 6.48. The van der Waals surface area contributed by atoms with E-state index in [2.05, 4.69) is 70.1 Å². The third kappa shape index (κ3) is 5.54. The second kappa shape index (κ2) is 9.98. The summed E-state index contributed by atoms with van der Waals surface area (Å²) in [5.41, 5.74) is 3.69. The van der Waals surface area contributed by atoms with Crippen LogP contribution in [-0.2, 0) is 11.3 Å². The number of nitrogens with zero attached hydrogens (tertiary/aromatic N) is 1. The van der Waals surface area contributed by atoms with Crippen molar-refractivity contribution in [1.29, 1.82) is 0 Å². The van der Waals surface area contributed by atoms with Gasteiger partial charge in [-0.3, -0.25) is 4.79 Å². The van der Waals surface area contributed by atoms with E-state index in [9.17, 15) is 4.79 Å². The summed E-state index contributed by atoms with van der Waals surface area (Å²) in [6, 6.07) is 19.5. The van der Waals surface area contributed by atoms with Gasteiger partial charge in [0.25, 0.3) is 0 Å². The van der Waals surface area contributed by atoms with Gasteiger partial charge in [-0.05, 0) is 44.0 Å². The van der Waals surface area contributed by atoms with Crippen molar-refractivity contribution in [3.63, 3.8) is 0 Å². The Balaban J connectivity index is 1.24. The monoisotopic (exact) mass is 407 g/mol. The van der Waals surface area contributed by atoms with Crippen LogP contribution in [0, 0.1) is 0 Å². The van der Waals surface area contributed by atoms with Crippen molar-refractivity contribution >= 4 is 17.3 Å². The molecule has 160 valence electrons. The fraction of sp³-hybridized carbons (Fsp3) is 0.480. The molecule has 1 amide bonds. The van der Waals surface area contributed by atoms with Crippen molar-refractivity contribution in [1.82, 2.24) is 5.32 Å². The molecule has 0 aromatic heterocycles. The molecule has 0 unspecified atom stereocenters. The number of hydrogen-bond acceptors (Lipinski definition) is 3. The molecular weight excluding hydrogens is 372 g/mol. The predicted octanol–water partition coefficient (Wildman–Crippen LogP) is 2.45.